The van der Waals surface area contributed by atoms with Crippen LogP contribution in [-0.2, 0) is 6.54 Å². The molecule has 0 atom stereocenters. The van der Waals surface area contributed by atoms with Crippen LogP contribution in [0.1, 0.15) is 15.2 Å². The minimum atomic E-state index is -0.955. The molecule has 0 bridgehead atoms. The van der Waals surface area contributed by atoms with Crippen LogP contribution >= 0.6 is 11.3 Å². The monoisotopic (exact) mass is 285 g/mol. The normalized spacial score (nSPS) is 10.8. The molecule has 100 valence electrons. The van der Waals surface area contributed by atoms with Crippen molar-refractivity contribution in [3.05, 3.63) is 68.6 Å². The minimum absolute atomic E-state index is 0.133. The molecule has 3 rings (SSSR count). The van der Waals surface area contributed by atoms with Gasteiger partial charge < -0.3 is 9.67 Å². The van der Waals surface area contributed by atoms with Gasteiger partial charge in [0.25, 0.3) is 5.56 Å². The molecule has 0 aliphatic carbocycles. The van der Waals surface area contributed by atoms with E-state index in [2.05, 4.69) is 0 Å². The second-order valence-corrected chi connectivity index (χ2v) is 5.31. The van der Waals surface area contributed by atoms with Gasteiger partial charge >= 0.3 is 5.97 Å². The van der Waals surface area contributed by atoms with Gasteiger partial charge in [0.15, 0.2) is 0 Å². The third-order valence-electron chi connectivity index (χ3n) is 3.17. The predicted octanol–water partition coefficient (Wildman–Crippen LogP) is 2.81. The Morgan fingerprint density at radius 2 is 1.95 bits per heavy atom. The van der Waals surface area contributed by atoms with Gasteiger partial charge in [-0.2, -0.15) is 0 Å². The predicted molar refractivity (Wildman–Crippen MR) is 78.6 cm³/mol. The van der Waals surface area contributed by atoms with Crippen LogP contribution in [0.25, 0.3) is 10.9 Å². The number of aromatic carboxylic acids is 1. The first kappa shape index (κ1) is 12.6. The molecule has 5 heteroatoms. The van der Waals surface area contributed by atoms with Gasteiger partial charge in [0, 0.05) is 6.07 Å². The highest BCUT2D eigenvalue weighted by Gasteiger charge is 2.13. The fourth-order valence-corrected chi connectivity index (χ4v) is 2.98. The second kappa shape index (κ2) is 4.94. The number of fused-ring (bicyclic) bond motifs is 1. The Kier molecular flexibility index (Phi) is 3.12. The molecular weight excluding hydrogens is 274 g/mol. The summed E-state index contributed by atoms with van der Waals surface area (Å²) in [7, 11) is 0. The van der Waals surface area contributed by atoms with E-state index < -0.39 is 5.97 Å². The standard InChI is InChI=1S/C15H11NO3S/c17-13-6-5-10-3-1-2-4-12(10)16(13)9-11-7-8-20-14(11)15(18)19/h1-8H,9H2,(H,18,19). The SMILES string of the molecule is O=C(O)c1sccc1Cn1c(=O)ccc2ccccc21. The molecule has 0 saturated carbocycles. The Morgan fingerprint density at radius 1 is 1.15 bits per heavy atom. The highest BCUT2D eigenvalue weighted by Crippen LogP contribution is 2.19. The van der Waals surface area contributed by atoms with Gasteiger partial charge in [0.1, 0.15) is 4.88 Å². The Morgan fingerprint density at radius 3 is 2.75 bits per heavy atom. The lowest BCUT2D eigenvalue weighted by Gasteiger charge is -2.09. The van der Waals surface area contributed by atoms with Crippen LogP contribution in [0.5, 0.6) is 0 Å². The maximum atomic E-state index is 12.1. The van der Waals surface area contributed by atoms with Crippen LogP contribution in [0.15, 0.2) is 52.6 Å². The summed E-state index contributed by atoms with van der Waals surface area (Å²) in [4.78, 5) is 23.5. The number of aromatic nitrogens is 1. The van der Waals surface area contributed by atoms with Gasteiger partial charge in [-0.15, -0.1) is 11.3 Å². The van der Waals surface area contributed by atoms with Crippen molar-refractivity contribution in [2.45, 2.75) is 6.54 Å². The smallest absolute Gasteiger partial charge is 0.346 e. The number of hydrogen-bond donors (Lipinski definition) is 1. The van der Waals surface area contributed by atoms with Crippen molar-refractivity contribution < 1.29 is 9.90 Å². The van der Waals surface area contributed by atoms with E-state index in [4.69, 9.17) is 5.11 Å². The third-order valence-corrected chi connectivity index (χ3v) is 4.11. The molecule has 0 unspecified atom stereocenters. The average Bonchev–Trinajstić information content (AvgIpc) is 2.90. The quantitative estimate of drug-likeness (QED) is 0.805. The highest BCUT2D eigenvalue weighted by molar-refractivity contribution is 7.12. The highest BCUT2D eigenvalue weighted by atomic mass is 32.1. The number of para-hydroxylation sites is 1. The summed E-state index contributed by atoms with van der Waals surface area (Å²) in [5, 5.41) is 11.8. The van der Waals surface area contributed by atoms with Crippen LogP contribution in [0.4, 0.5) is 0 Å². The second-order valence-electron chi connectivity index (χ2n) is 4.40. The van der Waals surface area contributed by atoms with Gasteiger partial charge in [-0.05, 0) is 34.5 Å². The van der Waals surface area contributed by atoms with E-state index in [1.54, 1.807) is 22.1 Å². The number of hydrogen-bond acceptors (Lipinski definition) is 3. The van der Waals surface area contributed by atoms with Crippen molar-refractivity contribution in [2.24, 2.45) is 0 Å². The van der Waals surface area contributed by atoms with E-state index >= 15 is 0 Å². The molecule has 3 aromatic rings. The number of nitrogens with zero attached hydrogens (tertiary/aromatic N) is 1. The molecular formula is C15H11NO3S. The molecule has 20 heavy (non-hydrogen) atoms. The molecule has 0 spiro atoms. The van der Waals surface area contributed by atoms with E-state index in [1.165, 1.54) is 17.4 Å². The lowest BCUT2D eigenvalue weighted by molar-refractivity contribution is 0.0701. The molecule has 0 aliphatic rings. The molecule has 0 radical (unpaired) electrons. The number of carboxylic acids is 1. The zero-order chi connectivity index (χ0) is 14.1. The van der Waals surface area contributed by atoms with Gasteiger partial charge in [0.2, 0.25) is 0 Å². The number of carboxylic acid groups (broad SMARTS) is 1. The van der Waals surface area contributed by atoms with Crippen molar-refractivity contribution in [3.63, 3.8) is 0 Å². The zero-order valence-corrected chi connectivity index (χ0v) is 11.3. The van der Waals surface area contributed by atoms with Crippen LogP contribution in [0.2, 0.25) is 0 Å². The average molecular weight is 285 g/mol. The van der Waals surface area contributed by atoms with Crippen LogP contribution in [-0.4, -0.2) is 15.6 Å². The van der Waals surface area contributed by atoms with Crippen molar-refractivity contribution in [1.29, 1.82) is 0 Å². The zero-order valence-electron chi connectivity index (χ0n) is 10.4. The minimum Gasteiger partial charge on any atom is -0.477 e. The summed E-state index contributed by atoms with van der Waals surface area (Å²) in [5.74, 6) is -0.955. The molecule has 0 amide bonds. The number of benzene rings is 1. The fraction of sp³-hybridized carbons (Fsp3) is 0.0667. The van der Waals surface area contributed by atoms with Crippen molar-refractivity contribution in [2.75, 3.05) is 0 Å². The Balaban J connectivity index is 2.15. The van der Waals surface area contributed by atoms with Crippen molar-refractivity contribution >= 4 is 28.2 Å². The lowest BCUT2D eigenvalue weighted by atomic mass is 10.2. The molecule has 1 aromatic carbocycles. The summed E-state index contributed by atoms with van der Waals surface area (Å²) in [6, 6.07) is 12.6. The van der Waals surface area contributed by atoms with Crippen LogP contribution < -0.4 is 5.56 Å². The number of carbonyl (C=O) groups is 1. The van der Waals surface area contributed by atoms with Gasteiger partial charge in [-0.1, -0.05) is 18.2 Å². The summed E-state index contributed by atoms with van der Waals surface area (Å²) >= 11 is 1.17. The maximum absolute atomic E-state index is 12.1. The number of thiophene rings is 1. The molecule has 2 heterocycles. The van der Waals surface area contributed by atoms with Crippen LogP contribution in [0, 0.1) is 0 Å². The Labute approximate surface area is 118 Å². The van der Waals surface area contributed by atoms with Crippen LogP contribution in [0.3, 0.4) is 0 Å². The van der Waals surface area contributed by atoms with E-state index in [9.17, 15) is 9.59 Å². The van der Waals surface area contributed by atoms with E-state index in [0.29, 0.717) is 5.56 Å². The number of rotatable bonds is 3. The fourth-order valence-electron chi connectivity index (χ4n) is 2.23. The van der Waals surface area contributed by atoms with Crippen molar-refractivity contribution in [3.8, 4) is 0 Å². The van der Waals surface area contributed by atoms with E-state index in [1.807, 2.05) is 24.3 Å². The summed E-state index contributed by atoms with van der Waals surface area (Å²) < 4.78 is 1.60. The third kappa shape index (κ3) is 2.12. The summed E-state index contributed by atoms with van der Waals surface area (Å²) in [5.41, 5.74) is 1.33. The molecule has 0 saturated heterocycles. The van der Waals surface area contributed by atoms with E-state index in [0.717, 1.165) is 10.9 Å². The van der Waals surface area contributed by atoms with Gasteiger partial charge in [-0.3, -0.25) is 4.79 Å². The summed E-state index contributed by atoms with van der Waals surface area (Å²) in [6.45, 7) is 0.269. The lowest BCUT2D eigenvalue weighted by Crippen LogP contribution is -2.20. The molecule has 2 aromatic heterocycles. The van der Waals surface area contributed by atoms with Crippen molar-refractivity contribution in [1.82, 2.24) is 4.57 Å². The topological polar surface area (TPSA) is 59.3 Å². The molecule has 4 nitrogen and oxygen atoms in total. The van der Waals surface area contributed by atoms with E-state index in [-0.39, 0.29) is 17.0 Å². The Bertz CT molecular complexity index is 847. The number of pyridine rings is 1. The molecule has 0 aliphatic heterocycles. The van der Waals surface area contributed by atoms with Gasteiger partial charge in [0.05, 0.1) is 12.1 Å². The Hall–Kier alpha value is -2.40. The first-order valence-electron chi connectivity index (χ1n) is 6.05. The molecule has 1 N–H and O–H groups in total. The first-order valence-corrected chi connectivity index (χ1v) is 6.93. The largest absolute Gasteiger partial charge is 0.477 e. The molecule has 0 fully saturated rings. The summed E-state index contributed by atoms with van der Waals surface area (Å²) in [6.07, 6.45) is 0. The maximum Gasteiger partial charge on any atom is 0.346 e. The first-order chi connectivity index (χ1) is 9.66. The van der Waals surface area contributed by atoms with Gasteiger partial charge in [-0.25, -0.2) is 4.79 Å².